The quantitative estimate of drug-likeness (QED) is 0.598. The summed E-state index contributed by atoms with van der Waals surface area (Å²) in [5.74, 6) is 0. The van der Waals surface area contributed by atoms with Crippen molar-refractivity contribution >= 4 is 6.29 Å². The molecule has 0 saturated carbocycles. The van der Waals surface area contributed by atoms with Crippen LogP contribution in [0.5, 0.6) is 0 Å². The lowest BCUT2D eigenvalue weighted by Gasteiger charge is -1.89. The number of hydrogen-bond acceptors (Lipinski definition) is 2. The molecule has 0 bridgehead atoms. The van der Waals surface area contributed by atoms with E-state index in [2.05, 4.69) is 6.92 Å². The van der Waals surface area contributed by atoms with Crippen LogP contribution in [0.2, 0.25) is 0 Å². The lowest BCUT2D eigenvalue weighted by atomic mass is 10.1. The van der Waals surface area contributed by atoms with E-state index in [1.54, 1.807) is 6.26 Å². The molecule has 0 amide bonds. The highest BCUT2D eigenvalue weighted by atomic mass is 16.3. The number of furan rings is 1. The summed E-state index contributed by atoms with van der Waals surface area (Å²) in [7, 11) is 0. The van der Waals surface area contributed by atoms with Gasteiger partial charge in [0.1, 0.15) is 6.26 Å². The summed E-state index contributed by atoms with van der Waals surface area (Å²) < 4.78 is 4.86. The van der Waals surface area contributed by atoms with Crippen molar-refractivity contribution < 1.29 is 9.21 Å². The van der Waals surface area contributed by atoms with E-state index in [1.807, 2.05) is 0 Å². The first-order chi connectivity index (χ1) is 4.88. The molecule has 54 valence electrons. The third-order valence-corrected chi connectivity index (χ3v) is 1.42. The Morgan fingerprint density at radius 3 is 3.00 bits per heavy atom. The highest BCUT2D eigenvalue weighted by Crippen LogP contribution is 2.09. The van der Waals surface area contributed by atoms with Gasteiger partial charge in [-0.05, 0) is 6.42 Å². The molecule has 2 heteroatoms. The van der Waals surface area contributed by atoms with E-state index in [-0.39, 0.29) is 0 Å². The molecule has 2 nitrogen and oxygen atoms in total. The van der Waals surface area contributed by atoms with Crippen LogP contribution in [0, 0.1) is 0 Å². The first kappa shape index (κ1) is 7.06. The highest BCUT2D eigenvalue weighted by molar-refractivity contribution is 5.76. The van der Waals surface area contributed by atoms with Gasteiger partial charge in [0.05, 0.1) is 11.8 Å². The first-order valence-electron chi connectivity index (χ1n) is 3.38. The third-order valence-electron chi connectivity index (χ3n) is 1.42. The highest BCUT2D eigenvalue weighted by Gasteiger charge is 2.01. The lowest BCUT2D eigenvalue weighted by molar-refractivity contribution is 0.112. The van der Waals surface area contributed by atoms with E-state index in [1.165, 1.54) is 6.26 Å². The van der Waals surface area contributed by atoms with Gasteiger partial charge >= 0.3 is 0 Å². The van der Waals surface area contributed by atoms with Crippen LogP contribution in [0.3, 0.4) is 0 Å². The maximum Gasteiger partial charge on any atom is 0.153 e. The molecule has 0 fully saturated rings. The molecule has 0 atom stereocenters. The van der Waals surface area contributed by atoms with Crippen LogP contribution in [0.1, 0.15) is 29.3 Å². The Morgan fingerprint density at radius 2 is 2.40 bits per heavy atom. The average Bonchev–Trinajstić information content (AvgIpc) is 2.36. The van der Waals surface area contributed by atoms with Crippen LogP contribution < -0.4 is 0 Å². The van der Waals surface area contributed by atoms with Crippen molar-refractivity contribution in [1.82, 2.24) is 0 Å². The van der Waals surface area contributed by atoms with Gasteiger partial charge in [-0.2, -0.15) is 0 Å². The summed E-state index contributed by atoms with van der Waals surface area (Å²) in [6.45, 7) is 2.07. The van der Waals surface area contributed by atoms with Crippen LogP contribution in [-0.2, 0) is 6.42 Å². The molecule has 0 N–H and O–H groups in total. The molecule has 1 rings (SSSR count). The topological polar surface area (TPSA) is 30.2 Å². The monoisotopic (exact) mass is 138 g/mol. The predicted octanol–water partition coefficient (Wildman–Crippen LogP) is 2.04. The molecule has 0 radical (unpaired) electrons. The van der Waals surface area contributed by atoms with Crippen LogP contribution in [0.15, 0.2) is 16.9 Å². The van der Waals surface area contributed by atoms with Gasteiger partial charge in [0.15, 0.2) is 6.29 Å². The minimum atomic E-state index is 0.682. The zero-order valence-electron chi connectivity index (χ0n) is 5.96. The Hall–Kier alpha value is -1.05. The van der Waals surface area contributed by atoms with Gasteiger partial charge in [0, 0.05) is 5.56 Å². The first-order valence-corrected chi connectivity index (χ1v) is 3.38. The van der Waals surface area contributed by atoms with Crippen molar-refractivity contribution in [3.63, 3.8) is 0 Å². The summed E-state index contributed by atoms with van der Waals surface area (Å²) in [6.07, 6.45) is 5.91. The molecular formula is C8H10O2. The Morgan fingerprint density at radius 1 is 1.60 bits per heavy atom. The number of hydrogen-bond donors (Lipinski definition) is 0. The van der Waals surface area contributed by atoms with Gasteiger partial charge in [-0.3, -0.25) is 4.79 Å². The van der Waals surface area contributed by atoms with Crippen LogP contribution in [0.4, 0.5) is 0 Å². The second kappa shape index (κ2) is 3.20. The van der Waals surface area contributed by atoms with Crippen molar-refractivity contribution in [2.75, 3.05) is 0 Å². The van der Waals surface area contributed by atoms with Gasteiger partial charge < -0.3 is 4.42 Å². The van der Waals surface area contributed by atoms with E-state index in [0.717, 1.165) is 24.7 Å². The van der Waals surface area contributed by atoms with E-state index in [0.29, 0.717) is 5.56 Å². The largest absolute Gasteiger partial charge is 0.472 e. The molecule has 1 aromatic heterocycles. The SMILES string of the molecule is CCCc1cocc1C=O. The van der Waals surface area contributed by atoms with Gasteiger partial charge in [0.25, 0.3) is 0 Å². The van der Waals surface area contributed by atoms with E-state index >= 15 is 0 Å². The maximum atomic E-state index is 10.3. The van der Waals surface area contributed by atoms with Crippen molar-refractivity contribution in [3.05, 3.63) is 23.7 Å². The van der Waals surface area contributed by atoms with Crippen LogP contribution >= 0.6 is 0 Å². The summed E-state index contributed by atoms with van der Waals surface area (Å²) in [5.41, 5.74) is 1.69. The molecule has 1 heterocycles. The van der Waals surface area contributed by atoms with Crippen molar-refractivity contribution in [2.45, 2.75) is 19.8 Å². The number of aldehydes is 1. The number of carbonyl (C=O) groups is 1. The molecule has 0 aliphatic rings. The van der Waals surface area contributed by atoms with Gasteiger partial charge in [0.2, 0.25) is 0 Å². The Balaban J connectivity index is 2.79. The molecule has 1 aromatic rings. The minimum absolute atomic E-state index is 0.682. The fourth-order valence-electron chi connectivity index (χ4n) is 0.909. The lowest BCUT2D eigenvalue weighted by Crippen LogP contribution is -1.84. The van der Waals surface area contributed by atoms with Crippen molar-refractivity contribution in [1.29, 1.82) is 0 Å². The fraction of sp³-hybridized carbons (Fsp3) is 0.375. The zero-order valence-corrected chi connectivity index (χ0v) is 5.96. The van der Waals surface area contributed by atoms with Gasteiger partial charge in [-0.15, -0.1) is 0 Å². The summed E-state index contributed by atoms with van der Waals surface area (Å²) >= 11 is 0. The molecule has 0 spiro atoms. The smallest absolute Gasteiger partial charge is 0.153 e. The normalized spacial score (nSPS) is 9.70. The molecule has 0 aliphatic carbocycles. The van der Waals surface area contributed by atoms with E-state index < -0.39 is 0 Å². The Kier molecular flexibility index (Phi) is 2.26. The Bertz CT molecular complexity index is 213. The van der Waals surface area contributed by atoms with Gasteiger partial charge in [-0.25, -0.2) is 0 Å². The van der Waals surface area contributed by atoms with E-state index in [4.69, 9.17) is 4.42 Å². The standard InChI is InChI=1S/C8H10O2/c1-2-3-7-5-10-6-8(7)4-9/h4-6H,2-3H2,1H3. The van der Waals surface area contributed by atoms with Crippen molar-refractivity contribution in [3.8, 4) is 0 Å². The predicted molar refractivity (Wildman–Crippen MR) is 38.1 cm³/mol. The number of rotatable bonds is 3. The second-order valence-electron chi connectivity index (χ2n) is 2.22. The summed E-state index contributed by atoms with van der Waals surface area (Å²) in [4.78, 5) is 10.3. The minimum Gasteiger partial charge on any atom is -0.472 e. The van der Waals surface area contributed by atoms with Crippen LogP contribution in [0.25, 0.3) is 0 Å². The molecular weight excluding hydrogens is 128 g/mol. The average molecular weight is 138 g/mol. The summed E-state index contributed by atoms with van der Waals surface area (Å²) in [5, 5.41) is 0. The molecule has 0 saturated heterocycles. The third kappa shape index (κ3) is 1.26. The van der Waals surface area contributed by atoms with E-state index in [9.17, 15) is 4.79 Å². The Labute approximate surface area is 59.8 Å². The molecule has 0 aliphatic heterocycles. The summed E-state index contributed by atoms with van der Waals surface area (Å²) in [6, 6.07) is 0. The molecule has 0 aromatic carbocycles. The second-order valence-corrected chi connectivity index (χ2v) is 2.22. The number of carbonyl (C=O) groups excluding carboxylic acids is 1. The number of aryl methyl sites for hydroxylation is 1. The fourth-order valence-corrected chi connectivity index (χ4v) is 0.909. The van der Waals surface area contributed by atoms with Gasteiger partial charge in [-0.1, -0.05) is 13.3 Å². The zero-order chi connectivity index (χ0) is 7.40. The molecule has 0 unspecified atom stereocenters. The maximum absolute atomic E-state index is 10.3. The van der Waals surface area contributed by atoms with Crippen LogP contribution in [-0.4, -0.2) is 6.29 Å². The van der Waals surface area contributed by atoms with Crippen molar-refractivity contribution in [2.24, 2.45) is 0 Å². The molecule has 10 heavy (non-hydrogen) atoms.